The lowest BCUT2D eigenvalue weighted by Gasteiger charge is -2.21. The summed E-state index contributed by atoms with van der Waals surface area (Å²) in [6.45, 7) is 5.24. The fourth-order valence-electron chi connectivity index (χ4n) is 2.71. The highest BCUT2D eigenvalue weighted by atomic mass is 32.2. The van der Waals surface area contributed by atoms with E-state index in [0.29, 0.717) is 18.7 Å². The smallest absolute Gasteiger partial charge is 0.269 e. The van der Waals surface area contributed by atoms with Gasteiger partial charge in [-0.2, -0.15) is 0 Å². The van der Waals surface area contributed by atoms with Crippen LogP contribution in [-0.2, 0) is 10.0 Å². The largest absolute Gasteiger partial charge is 0.339 e. The number of nitrogens with zero attached hydrogens (tertiary/aromatic N) is 2. The lowest BCUT2D eigenvalue weighted by atomic mass is 10.1. The van der Waals surface area contributed by atoms with Gasteiger partial charge in [0.1, 0.15) is 0 Å². The molecule has 28 heavy (non-hydrogen) atoms. The predicted octanol–water partition coefficient (Wildman–Crippen LogP) is 3.66. The summed E-state index contributed by atoms with van der Waals surface area (Å²) in [5.41, 5.74) is 0.446. The fraction of sp³-hybridized carbons (Fsp3) is 0.316. The van der Waals surface area contributed by atoms with Crippen LogP contribution in [0.25, 0.3) is 0 Å². The highest BCUT2D eigenvalue weighted by Crippen LogP contribution is 2.20. The second-order valence-corrected chi connectivity index (χ2v) is 7.91. The molecule has 0 radical (unpaired) electrons. The molecule has 0 atom stereocenters. The molecule has 0 aliphatic heterocycles. The summed E-state index contributed by atoms with van der Waals surface area (Å²) in [6.07, 6.45) is 1.66. The van der Waals surface area contributed by atoms with Gasteiger partial charge in [-0.25, -0.2) is 8.42 Å². The van der Waals surface area contributed by atoms with E-state index >= 15 is 0 Å². The zero-order valence-corrected chi connectivity index (χ0v) is 16.6. The Hall–Kier alpha value is -2.94. The van der Waals surface area contributed by atoms with Crippen molar-refractivity contribution < 1.29 is 18.1 Å². The number of non-ortho nitro benzene ring substituents is 1. The molecule has 8 nitrogen and oxygen atoms in total. The molecule has 0 aliphatic rings. The van der Waals surface area contributed by atoms with Crippen molar-refractivity contribution in [1.29, 1.82) is 0 Å². The maximum atomic E-state index is 12.7. The van der Waals surface area contributed by atoms with Crippen LogP contribution in [0.3, 0.4) is 0 Å². The molecule has 150 valence electrons. The van der Waals surface area contributed by atoms with E-state index in [2.05, 4.69) is 4.72 Å². The molecule has 0 aliphatic carbocycles. The number of carbonyl (C=O) groups is 1. The quantitative estimate of drug-likeness (QED) is 0.506. The monoisotopic (exact) mass is 405 g/mol. The van der Waals surface area contributed by atoms with Crippen LogP contribution in [0.4, 0.5) is 11.4 Å². The molecule has 0 unspecified atom stereocenters. The topological polar surface area (TPSA) is 110 Å². The standard InChI is InChI=1S/C19H23N3O5S/c1-3-12-21(13-4-2)19(23)15-6-5-7-16(14-15)20-28(26,27)18-10-8-17(9-11-18)22(24)25/h5-11,14,20H,3-4,12-13H2,1-2H3. The average Bonchev–Trinajstić information content (AvgIpc) is 2.67. The van der Waals surface area contributed by atoms with Gasteiger partial charge >= 0.3 is 0 Å². The third kappa shape index (κ3) is 5.29. The summed E-state index contributed by atoms with van der Waals surface area (Å²) in [6, 6.07) is 10.9. The first-order chi connectivity index (χ1) is 13.3. The SMILES string of the molecule is CCCN(CCC)C(=O)c1cccc(NS(=O)(=O)c2ccc([N+](=O)[O-])cc2)c1. The van der Waals surface area contributed by atoms with Crippen molar-refractivity contribution >= 4 is 27.3 Å². The molecule has 2 rings (SSSR count). The minimum absolute atomic E-state index is 0.103. The van der Waals surface area contributed by atoms with E-state index in [1.165, 1.54) is 18.2 Å². The summed E-state index contributed by atoms with van der Waals surface area (Å²) in [5, 5.41) is 10.7. The molecule has 0 heterocycles. The Morgan fingerprint density at radius 2 is 1.68 bits per heavy atom. The molecular weight excluding hydrogens is 382 g/mol. The Morgan fingerprint density at radius 1 is 1.07 bits per heavy atom. The zero-order valence-electron chi connectivity index (χ0n) is 15.8. The highest BCUT2D eigenvalue weighted by Gasteiger charge is 2.18. The Morgan fingerprint density at radius 3 is 2.21 bits per heavy atom. The number of hydrogen-bond donors (Lipinski definition) is 1. The Labute approximate surface area is 164 Å². The van der Waals surface area contributed by atoms with Crippen molar-refractivity contribution in [2.45, 2.75) is 31.6 Å². The maximum absolute atomic E-state index is 12.7. The summed E-state index contributed by atoms with van der Waals surface area (Å²) in [7, 11) is -3.94. The number of benzene rings is 2. The normalized spacial score (nSPS) is 11.1. The molecule has 9 heteroatoms. The Kier molecular flexibility index (Phi) is 7.11. The van der Waals surface area contributed by atoms with Crippen LogP contribution in [0.1, 0.15) is 37.0 Å². The van der Waals surface area contributed by atoms with Crippen LogP contribution in [0.5, 0.6) is 0 Å². The fourth-order valence-corrected chi connectivity index (χ4v) is 3.76. The number of rotatable bonds is 9. The summed E-state index contributed by atoms with van der Waals surface area (Å²) < 4.78 is 27.5. The third-order valence-electron chi connectivity index (χ3n) is 3.99. The van der Waals surface area contributed by atoms with E-state index in [0.717, 1.165) is 25.0 Å². The highest BCUT2D eigenvalue weighted by molar-refractivity contribution is 7.92. The molecule has 0 saturated heterocycles. The number of nitrogens with one attached hydrogen (secondary N) is 1. The number of nitro benzene ring substituents is 1. The molecule has 0 saturated carbocycles. The van der Waals surface area contributed by atoms with Crippen molar-refractivity contribution in [3.05, 3.63) is 64.2 Å². The van der Waals surface area contributed by atoms with Crippen molar-refractivity contribution in [2.75, 3.05) is 17.8 Å². The molecule has 2 aromatic rings. The molecule has 0 aromatic heterocycles. The summed E-state index contributed by atoms with van der Waals surface area (Å²) in [5.74, 6) is -0.153. The van der Waals surface area contributed by atoms with Gasteiger partial charge in [-0.15, -0.1) is 0 Å². The molecular formula is C19H23N3O5S. The van der Waals surface area contributed by atoms with Gasteiger partial charge in [-0.3, -0.25) is 19.6 Å². The molecule has 0 bridgehead atoms. The van der Waals surface area contributed by atoms with Crippen LogP contribution in [0.15, 0.2) is 53.4 Å². The van der Waals surface area contributed by atoms with Gasteiger partial charge in [-0.1, -0.05) is 19.9 Å². The molecule has 1 N–H and O–H groups in total. The van der Waals surface area contributed by atoms with Gasteiger partial charge in [0.2, 0.25) is 0 Å². The zero-order chi connectivity index (χ0) is 20.7. The first kappa shape index (κ1) is 21.4. The first-order valence-electron chi connectivity index (χ1n) is 8.95. The number of sulfonamides is 1. The van der Waals surface area contributed by atoms with Crippen LogP contribution >= 0.6 is 0 Å². The van der Waals surface area contributed by atoms with Crippen LogP contribution < -0.4 is 4.72 Å². The maximum Gasteiger partial charge on any atom is 0.269 e. The van der Waals surface area contributed by atoms with E-state index in [1.807, 2.05) is 13.8 Å². The van der Waals surface area contributed by atoms with Gasteiger partial charge in [0.25, 0.3) is 21.6 Å². The van der Waals surface area contributed by atoms with Gasteiger partial charge in [0.15, 0.2) is 0 Å². The Balaban J connectivity index is 2.23. The van der Waals surface area contributed by atoms with E-state index in [9.17, 15) is 23.3 Å². The van der Waals surface area contributed by atoms with Crippen molar-refractivity contribution in [1.82, 2.24) is 4.90 Å². The number of nitro groups is 1. The Bertz CT molecular complexity index is 936. The lowest BCUT2D eigenvalue weighted by Crippen LogP contribution is -2.32. The lowest BCUT2D eigenvalue weighted by molar-refractivity contribution is -0.384. The van der Waals surface area contributed by atoms with Crippen molar-refractivity contribution in [3.63, 3.8) is 0 Å². The third-order valence-corrected chi connectivity index (χ3v) is 5.39. The van der Waals surface area contributed by atoms with E-state index in [4.69, 9.17) is 0 Å². The van der Waals surface area contributed by atoms with E-state index in [1.54, 1.807) is 23.1 Å². The van der Waals surface area contributed by atoms with Gasteiger partial charge in [0.05, 0.1) is 9.82 Å². The summed E-state index contributed by atoms with van der Waals surface area (Å²) >= 11 is 0. The molecule has 0 fully saturated rings. The van der Waals surface area contributed by atoms with Crippen LogP contribution in [-0.4, -0.2) is 37.2 Å². The average molecular weight is 405 g/mol. The van der Waals surface area contributed by atoms with Crippen molar-refractivity contribution in [3.8, 4) is 0 Å². The van der Waals surface area contributed by atoms with E-state index in [-0.39, 0.29) is 22.2 Å². The number of anilines is 1. The predicted molar refractivity (Wildman–Crippen MR) is 107 cm³/mol. The van der Waals surface area contributed by atoms with E-state index < -0.39 is 14.9 Å². The second kappa shape index (κ2) is 9.32. The van der Waals surface area contributed by atoms with Gasteiger partial charge < -0.3 is 4.90 Å². The number of amides is 1. The molecule has 0 spiro atoms. The number of hydrogen-bond acceptors (Lipinski definition) is 5. The van der Waals surface area contributed by atoms with Crippen molar-refractivity contribution in [2.24, 2.45) is 0 Å². The van der Waals surface area contributed by atoms with Crippen LogP contribution in [0.2, 0.25) is 0 Å². The second-order valence-electron chi connectivity index (χ2n) is 6.23. The number of carbonyl (C=O) groups excluding carboxylic acids is 1. The minimum atomic E-state index is -3.94. The molecule has 1 amide bonds. The van der Waals surface area contributed by atoms with Gasteiger partial charge in [0, 0.05) is 36.5 Å². The first-order valence-corrected chi connectivity index (χ1v) is 10.4. The van der Waals surface area contributed by atoms with Gasteiger partial charge in [-0.05, 0) is 43.2 Å². The minimum Gasteiger partial charge on any atom is -0.339 e. The summed E-state index contributed by atoms with van der Waals surface area (Å²) in [4.78, 5) is 24.4. The van der Waals surface area contributed by atoms with Crippen LogP contribution in [0, 0.1) is 10.1 Å². The molecule has 2 aromatic carbocycles.